The average Bonchev–Trinajstić information content (AvgIpc) is 3.39. The molecule has 0 saturated carbocycles. The molecule has 1 aliphatic rings. The Kier molecular flexibility index (Phi) is 5.65. The highest BCUT2D eigenvalue weighted by molar-refractivity contribution is 6.00. The molecule has 5 rings (SSSR count). The quantitative estimate of drug-likeness (QED) is 0.424. The van der Waals surface area contributed by atoms with Gasteiger partial charge >= 0.3 is 0 Å². The number of carbonyl (C=O) groups is 1. The Morgan fingerprint density at radius 3 is 2.55 bits per heavy atom. The van der Waals surface area contributed by atoms with E-state index >= 15 is 0 Å². The lowest BCUT2D eigenvalue weighted by molar-refractivity contribution is 0.0730. The van der Waals surface area contributed by atoms with Crippen molar-refractivity contribution in [3.8, 4) is 17.0 Å². The Bertz CT molecular complexity index is 1250. The third-order valence-electron chi connectivity index (χ3n) is 5.93. The number of pyridine rings is 1. The maximum absolute atomic E-state index is 13.5. The molecule has 0 spiro atoms. The number of aromatic amines is 1. The van der Waals surface area contributed by atoms with Gasteiger partial charge in [0.2, 0.25) is 0 Å². The molecule has 1 N–H and O–H groups in total. The molecule has 6 nitrogen and oxygen atoms in total. The minimum Gasteiger partial charge on any atom is -0.494 e. The lowest BCUT2D eigenvalue weighted by Gasteiger charge is -2.26. The van der Waals surface area contributed by atoms with E-state index < -0.39 is 0 Å². The molecule has 2 aromatic carbocycles. The summed E-state index contributed by atoms with van der Waals surface area (Å²) in [5.41, 5.74) is 6.43. The molecule has 166 valence electrons. The SMILES string of the molecule is CCCOc1ccc(C2c3c(-c4ccc(C)cc4)n[nH]c3C(=O)N2Cc2cccnc2)cc1. The van der Waals surface area contributed by atoms with Crippen molar-refractivity contribution >= 4 is 5.91 Å². The Morgan fingerprint density at radius 2 is 1.85 bits per heavy atom. The molecule has 3 heterocycles. The van der Waals surface area contributed by atoms with Crippen LogP contribution in [0.4, 0.5) is 0 Å². The average molecular weight is 439 g/mol. The number of ether oxygens (including phenoxy) is 1. The molecule has 6 heteroatoms. The van der Waals surface area contributed by atoms with Crippen molar-refractivity contribution in [2.75, 3.05) is 6.61 Å². The molecule has 0 fully saturated rings. The molecule has 0 bridgehead atoms. The summed E-state index contributed by atoms with van der Waals surface area (Å²) in [5, 5.41) is 7.58. The van der Waals surface area contributed by atoms with Crippen LogP contribution in [0.3, 0.4) is 0 Å². The van der Waals surface area contributed by atoms with Gasteiger partial charge in [-0.05, 0) is 42.7 Å². The second-order valence-electron chi connectivity index (χ2n) is 8.34. The van der Waals surface area contributed by atoms with Gasteiger partial charge < -0.3 is 9.64 Å². The molecule has 33 heavy (non-hydrogen) atoms. The minimum absolute atomic E-state index is 0.0592. The molecule has 1 aliphatic heterocycles. The van der Waals surface area contributed by atoms with Gasteiger partial charge in [-0.2, -0.15) is 5.10 Å². The Hall–Kier alpha value is -3.93. The predicted octanol–water partition coefficient (Wildman–Crippen LogP) is 5.31. The number of amides is 1. The number of benzene rings is 2. The third-order valence-corrected chi connectivity index (χ3v) is 5.93. The second-order valence-corrected chi connectivity index (χ2v) is 8.34. The van der Waals surface area contributed by atoms with E-state index in [1.165, 1.54) is 5.56 Å². The summed E-state index contributed by atoms with van der Waals surface area (Å²) < 4.78 is 5.77. The zero-order valence-electron chi connectivity index (χ0n) is 18.8. The zero-order chi connectivity index (χ0) is 22.8. The summed E-state index contributed by atoms with van der Waals surface area (Å²) in [7, 11) is 0. The molecule has 1 atom stereocenters. The number of hydrogen-bond donors (Lipinski definition) is 1. The first kappa shape index (κ1) is 20.9. The number of aromatic nitrogens is 3. The van der Waals surface area contributed by atoms with Gasteiger partial charge in [-0.3, -0.25) is 14.9 Å². The van der Waals surface area contributed by atoms with Gasteiger partial charge in [-0.15, -0.1) is 0 Å². The summed E-state index contributed by atoms with van der Waals surface area (Å²) in [4.78, 5) is 19.6. The predicted molar refractivity (Wildman–Crippen MR) is 127 cm³/mol. The lowest BCUT2D eigenvalue weighted by Crippen LogP contribution is -2.29. The summed E-state index contributed by atoms with van der Waals surface area (Å²) in [5.74, 6) is 0.769. The first-order chi connectivity index (χ1) is 16.2. The van der Waals surface area contributed by atoms with Crippen molar-refractivity contribution in [3.63, 3.8) is 0 Å². The van der Waals surface area contributed by atoms with E-state index in [0.29, 0.717) is 18.8 Å². The summed E-state index contributed by atoms with van der Waals surface area (Å²) in [6, 6.07) is 19.9. The Morgan fingerprint density at radius 1 is 1.06 bits per heavy atom. The maximum atomic E-state index is 13.5. The van der Waals surface area contributed by atoms with Gasteiger partial charge in [-0.1, -0.05) is 55.0 Å². The normalized spacial score (nSPS) is 15.0. The van der Waals surface area contributed by atoms with Crippen molar-refractivity contribution in [2.24, 2.45) is 0 Å². The van der Waals surface area contributed by atoms with Gasteiger partial charge in [0, 0.05) is 30.1 Å². The van der Waals surface area contributed by atoms with Crippen LogP contribution in [0, 0.1) is 6.92 Å². The van der Waals surface area contributed by atoms with Gasteiger partial charge in [0.15, 0.2) is 0 Å². The first-order valence-electron chi connectivity index (χ1n) is 11.2. The largest absolute Gasteiger partial charge is 0.494 e. The molecule has 2 aromatic heterocycles. The summed E-state index contributed by atoms with van der Waals surface area (Å²) >= 11 is 0. The fraction of sp³-hybridized carbons (Fsp3) is 0.222. The van der Waals surface area contributed by atoms with Crippen LogP contribution in [0.5, 0.6) is 5.75 Å². The van der Waals surface area contributed by atoms with Gasteiger partial charge in [-0.25, -0.2) is 0 Å². The number of aryl methyl sites for hydroxylation is 1. The zero-order valence-corrected chi connectivity index (χ0v) is 18.8. The van der Waals surface area contributed by atoms with E-state index in [1.54, 1.807) is 12.4 Å². The Labute approximate surface area is 193 Å². The topological polar surface area (TPSA) is 71.1 Å². The summed E-state index contributed by atoms with van der Waals surface area (Å²) in [6.45, 7) is 5.28. The minimum atomic E-state index is -0.261. The molecule has 0 radical (unpaired) electrons. The van der Waals surface area contributed by atoms with Crippen LogP contribution in [0.15, 0.2) is 73.1 Å². The number of carbonyl (C=O) groups excluding carboxylic acids is 1. The van der Waals surface area contributed by atoms with E-state index in [2.05, 4.69) is 53.3 Å². The van der Waals surface area contributed by atoms with Crippen LogP contribution in [0.1, 0.15) is 52.1 Å². The van der Waals surface area contributed by atoms with Gasteiger partial charge in [0.05, 0.1) is 18.3 Å². The van der Waals surface area contributed by atoms with Crippen LogP contribution in [0.25, 0.3) is 11.3 Å². The van der Waals surface area contributed by atoms with Crippen molar-refractivity contribution < 1.29 is 9.53 Å². The monoisotopic (exact) mass is 438 g/mol. The van der Waals surface area contributed by atoms with Crippen LogP contribution >= 0.6 is 0 Å². The molecular formula is C27H26N4O2. The highest BCUT2D eigenvalue weighted by atomic mass is 16.5. The first-order valence-corrected chi connectivity index (χ1v) is 11.2. The smallest absolute Gasteiger partial charge is 0.273 e. The highest BCUT2D eigenvalue weighted by Gasteiger charge is 2.42. The number of nitrogens with zero attached hydrogens (tertiary/aromatic N) is 3. The maximum Gasteiger partial charge on any atom is 0.273 e. The van der Waals surface area contributed by atoms with Crippen molar-refractivity contribution in [1.29, 1.82) is 0 Å². The molecule has 0 aliphatic carbocycles. The summed E-state index contributed by atoms with van der Waals surface area (Å²) in [6.07, 6.45) is 4.50. The van der Waals surface area contributed by atoms with Crippen LogP contribution in [0.2, 0.25) is 0 Å². The highest BCUT2D eigenvalue weighted by Crippen LogP contribution is 2.43. The fourth-order valence-corrected chi connectivity index (χ4v) is 4.29. The lowest BCUT2D eigenvalue weighted by atomic mass is 9.95. The Balaban J connectivity index is 1.58. The molecule has 4 aromatic rings. The van der Waals surface area contributed by atoms with Crippen molar-refractivity contribution in [1.82, 2.24) is 20.1 Å². The van der Waals surface area contributed by atoms with E-state index in [9.17, 15) is 4.79 Å². The third kappa shape index (κ3) is 4.00. The van der Waals surface area contributed by atoms with Crippen molar-refractivity contribution in [2.45, 2.75) is 32.9 Å². The van der Waals surface area contributed by atoms with Gasteiger partial charge in [0.25, 0.3) is 5.91 Å². The van der Waals surface area contributed by atoms with E-state index in [0.717, 1.165) is 40.1 Å². The van der Waals surface area contributed by atoms with Gasteiger partial charge in [0.1, 0.15) is 11.4 Å². The molecule has 1 unspecified atom stereocenters. The van der Waals surface area contributed by atoms with E-state index in [-0.39, 0.29) is 11.9 Å². The number of nitrogens with one attached hydrogen (secondary N) is 1. The fourth-order valence-electron chi connectivity index (χ4n) is 4.29. The van der Waals surface area contributed by atoms with Crippen LogP contribution < -0.4 is 4.74 Å². The standard InChI is InChI=1S/C27H26N4O2/c1-3-15-33-22-12-10-21(11-13-22)26-23-24(20-8-6-18(2)7-9-20)29-30-25(23)27(32)31(26)17-19-5-4-14-28-16-19/h4-14,16,26H,3,15,17H2,1-2H3,(H,29,30). The molecular weight excluding hydrogens is 412 g/mol. The second kappa shape index (κ2) is 8.90. The molecule has 0 saturated heterocycles. The van der Waals surface area contributed by atoms with Crippen LogP contribution in [-0.2, 0) is 6.54 Å². The molecule has 1 amide bonds. The van der Waals surface area contributed by atoms with Crippen LogP contribution in [-0.4, -0.2) is 32.6 Å². The van der Waals surface area contributed by atoms with E-state index in [1.807, 2.05) is 41.3 Å². The number of fused-ring (bicyclic) bond motifs is 1. The van der Waals surface area contributed by atoms with Crippen molar-refractivity contribution in [3.05, 3.63) is 101 Å². The van der Waals surface area contributed by atoms with E-state index in [4.69, 9.17) is 4.74 Å². The number of hydrogen-bond acceptors (Lipinski definition) is 4. The number of rotatable bonds is 7. The number of H-pyrrole nitrogens is 1.